The summed E-state index contributed by atoms with van der Waals surface area (Å²) >= 11 is 6.35. The zero-order chi connectivity index (χ0) is 26.4. The van der Waals surface area contributed by atoms with Crippen LogP contribution in [0.4, 0.5) is 20.2 Å². The molecule has 2 aliphatic rings. The van der Waals surface area contributed by atoms with Crippen LogP contribution in [0.5, 0.6) is 11.6 Å². The Balaban J connectivity index is 1.43. The standard InChI is InChI=1S/C27H24ClF2N5O3/c1-37-25-16(28)3-2-4-19(25)34-24-21-17(8-10-32-26(21)36)33-23(24)15-7-9-31-18-5-6-20(35-22(15)18)38-13-14-11-27(29,30)12-14/h2-7,9,14,33-34H,8,10-13H2,1H3,(H,32,36). The predicted octanol–water partition coefficient (Wildman–Crippen LogP) is 5.74. The monoisotopic (exact) mass is 539 g/mol. The molecule has 1 saturated carbocycles. The first-order valence-electron chi connectivity index (χ1n) is 12.2. The van der Waals surface area contributed by atoms with Crippen LogP contribution in [0, 0.1) is 5.92 Å². The van der Waals surface area contributed by atoms with E-state index in [1.165, 1.54) is 7.11 Å². The van der Waals surface area contributed by atoms with Gasteiger partial charge < -0.3 is 25.1 Å². The fourth-order valence-electron chi connectivity index (χ4n) is 5.05. The molecule has 1 amide bonds. The Labute approximate surface area is 221 Å². The number of aromatic nitrogens is 3. The number of amides is 1. The Bertz CT molecular complexity index is 1550. The Morgan fingerprint density at radius 3 is 2.84 bits per heavy atom. The molecule has 6 rings (SSSR count). The van der Waals surface area contributed by atoms with E-state index in [4.69, 9.17) is 21.1 Å². The lowest BCUT2D eigenvalue weighted by molar-refractivity contribution is -0.119. The molecule has 3 N–H and O–H groups in total. The van der Waals surface area contributed by atoms with E-state index >= 15 is 0 Å². The van der Waals surface area contributed by atoms with Crippen molar-refractivity contribution >= 4 is 39.9 Å². The maximum atomic E-state index is 13.2. The second kappa shape index (κ2) is 9.43. The molecule has 4 aromatic rings. The van der Waals surface area contributed by atoms with Gasteiger partial charge in [-0.05, 0) is 24.3 Å². The highest BCUT2D eigenvalue weighted by molar-refractivity contribution is 6.32. The highest BCUT2D eigenvalue weighted by Gasteiger charge is 2.45. The predicted molar refractivity (Wildman–Crippen MR) is 140 cm³/mol. The number of pyridine rings is 2. The molecule has 1 aliphatic heterocycles. The molecule has 0 spiro atoms. The lowest BCUT2D eigenvalue weighted by atomic mass is 9.82. The molecule has 196 valence electrons. The molecule has 8 nitrogen and oxygen atoms in total. The number of fused-ring (bicyclic) bond motifs is 2. The molecule has 0 radical (unpaired) electrons. The molecule has 0 atom stereocenters. The Hall–Kier alpha value is -3.92. The van der Waals surface area contributed by atoms with E-state index in [-0.39, 0.29) is 31.3 Å². The number of nitrogens with zero attached hydrogens (tertiary/aromatic N) is 2. The number of alkyl halides is 2. The maximum Gasteiger partial charge on any atom is 0.255 e. The molecular formula is C27H24ClF2N5O3. The number of carbonyl (C=O) groups is 1. The molecule has 11 heteroatoms. The van der Waals surface area contributed by atoms with Gasteiger partial charge in [0.1, 0.15) is 5.52 Å². The number of para-hydroxylation sites is 1. The first kappa shape index (κ1) is 24.4. The molecule has 0 saturated heterocycles. The van der Waals surface area contributed by atoms with Crippen LogP contribution in [0.3, 0.4) is 0 Å². The third-order valence-electron chi connectivity index (χ3n) is 6.87. The molecular weight excluding hydrogens is 516 g/mol. The van der Waals surface area contributed by atoms with Crippen molar-refractivity contribution in [3.8, 4) is 22.9 Å². The summed E-state index contributed by atoms with van der Waals surface area (Å²) in [6.45, 7) is 0.682. The van der Waals surface area contributed by atoms with Gasteiger partial charge in [-0.25, -0.2) is 13.8 Å². The number of anilines is 2. The number of carbonyl (C=O) groups excluding carboxylic acids is 1. The molecule has 1 fully saturated rings. The van der Waals surface area contributed by atoms with Crippen molar-refractivity contribution in [2.45, 2.75) is 25.2 Å². The summed E-state index contributed by atoms with van der Waals surface area (Å²) in [6.07, 6.45) is 1.94. The fraction of sp³-hybridized carbons (Fsp3) is 0.296. The van der Waals surface area contributed by atoms with Crippen LogP contribution in [-0.4, -0.2) is 47.0 Å². The first-order valence-corrected chi connectivity index (χ1v) is 12.6. The summed E-state index contributed by atoms with van der Waals surface area (Å²) in [7, 11) is 1.53. The van der Waals surface area contributed by atoms with Gasteiger partial charge in [0.2, 0.25) is 11.8 Å². The van der Waals surface area contributed by atoms with E-state index < -0.39 is 5.92 Å². The smallest absolute Gasteiger partial charge is 0.255 e. The summed E-state index contributed by atoms with van der Waals surface area (Å²) in [4.78, 5) is 25.5. The number of methoxy groups -OCH3 is 1. The van der Waals surface area contributed by atoms with Gasteiger partial charge in [-0.15, -0.1) is 0 Å². The largest absolute Gasteiger partial charge is 0.493 e. The first-order chi connectivity index (χ1) is 18.3. The molecule has 38 heavy (non-hydrogen) atoms. The number of H-pyrrole nitrogens is 1. The topological polar surface area (TPSA) is 101 Å². The van der Waals surface area contributed by atoms with E-state index in [1.807, 2.05) is 6.07 Å². The van der Waals surface area contributed by atoms with Crippen LogP contribution in [0.2, 0.25) is 5.02 Å². The van der Waals surface area contributed by atoms with Gasteiger partial charge in [-0.2, -0.15) is 0 Å². The molecule has 3 aromatic heterocycles. The molecule has 4 heterocycles. The van der Waals surface area contributed by atoms with Crippen molar-refractivity contribution < 1.29 is 23.0 Å². The van der Waals surface area contributed by atoms with Gasteiger partial charge in [0.15, 0.2) is 5.75 Å². The van der Waals surface area contributed by atoms with Crippen LogP contribution in [0.15, 0.2) is 42.6 Å². The van der Waals surface area contributed by atoms with Gasteiger partial charge in [0, 0.05) is 55.2 Å². The zero-order valence-corrected chi connectivity index (χ0v) is 21.2. The van der Waals surface area contributed by atoms with Gasteiger partial charge in [-0.1, -0.05) is 17.7 Å². The Morgan fingerprint density at radius 1 is 1.21 bits per heavy atom. The lowest BCUT2D eigenvalue weighted by Crippen LogP contribution is -2.38. The summed E-state index contributed by atoms with van der Waals surface area (Å²) in [5, 5.41) is 6.69. The number of rotatable bonds is 7. The van der Waals surface area contributed by atoms with Crippen LogP contribution in [-0.2, 0) is 6.42 Å². The lowest BCUT2D eigenvalue weighted by Gasteiger charge is -2.34. The minimum atomic E-state index is -2.60. The normalized spacial score (nSPS) is 16.5. The number of hydrogen-bond donors (Lipinski definition) is 3. The van der Waals surface area contributed by atoms with Crippen LogP contribution >= 0.6 is 11.6 Å². The fourth-order valence-corrected chi connectivity index (χ4v) is 5.30. The quantitative estimate of drug-likeness (QED) is 0.277. The summed E-state index contributed by atoms with van der Waals surface area (Å²) in [5.41, 5.74) is 4.93. The van der Waals surface area contributed by atoms with Crippen LogP contribution in [0.1, 0.15) is 28.9 Å². The van der Waals surface area contributed by atoms with E-state index in [1.54, 1.807) is 36.5 Å². The summed E-state index contributed by atoms with van der Waals surface area (Å²) in [5.74, 6) is -2.24. The Kier molecular flexibility index (Phi) is 6.06. The van der Waals surface area contributed by atoms with Crippen molar-refractivity contribution in [1.29, 1.82) is 0 Å². The van der Waals surface area contributed by atoms with Crippen molar-refractivity contribution in [2.24, 2.45) is 5.92 Å². The molecule has 1 aromatic carbocycles. The van der Waals surface area contributed by atoms with Crippen molar-refractivity contribution in [3.05, 3.63) is 58.9 Å². The highest BCUT2D eigenvalue weighted by atomic mass is 35.5. The number of nitrogens with one attached hydrogen (secondary N) is 3. The number of aromatic amines is 1. The maximum absolute atomic E-state index is 13.2. The molecule has 0 unspecified atom stereocenters. The van der Waals surface area contributed by atoms with Gasteiger partial charge in [0.25, 0.3) is 5.91 Å². The summed E-state index contributed by atoms with van der Waals surface area (Å²) < 4.78 is 37.7. The van der Waals surface area contributed by atoms with Crippen molar-refractivity contribution in [2.75, 3.05) is 25.6 Å². The molecule has 1 aliphatic carbocycles. The van der Waals surface area contributed by atoms with Crippen LogP contribution < -0.4 is 20.1 Å². The van der Waals surface area contributed by atoms with Gasteiger partial charge >= 0.3 is 0 Å². The Morgan fingerprint density at radius 2 is 2.05 bits per heavy atom. The average molecular weight is 540 g/mol. The average Bonchev–Trinajstić information content (AvgIpc) is 3.25. The van der Waals surface area contributed by atoms with E-state index in [0.29, 0.717) is 68.8 Å². The number of ether oxygens (including phenoxy) is 2. The number of hydrogen-bond acceptors (Lipinski definition) is 6. The number of benzene rings is 1. The third kappa shape index (κ3) is 4.38. The van der Waals surface area contributed by atoms with E-state index in [9.17, 15) is 13.6 Å². The second-order valence-corrected chi connectivity index (χ2v) is 9.90. The highest BCUT2D eigenvalue weighted by Crippen LogP contribution is 2.43. The summed E-state index contributed by atoms with van der Waals surface area (Å²) in [6, 6.07) is 10.6. The minimum Gasteiger partial charge on any atom is -0.493 e. The zero-order valence-electron chi connectivity index (χ0n) is 20.4. The SMILES string of the molecule is COc1c(Cl)cccc1Nc1c(-c2ccnc3ccc(OCC4CC(F)(F)C4)nc23)[nH]c2c1C(=O)NCC2. The molecule has 0 bridgehead atoms. The van der Waals surface area contributed by atoms with Gasteiger partial charge in [-0.3, -0.25) is 9.78 Å². The van der Waals surface area contributed by atoms with Gasteiger partial charge in [0.05, 0.1) is 46.9 Å². The van der Waals surface area contributed by atoms with Crippen molar-refractivity contribution in [1.82, 2.24) is 20.3 Å². The van der Waals surface area contributed by atoms with Crippen LogP contribution in [0.25, 0.3) is 22.3 Å². The number of halogens is 3. The second-order valence-electron chi connectivity index (χ2n) is 9.50. The minimum absolute atomic E-state index is 0.169. The third-order valence-corrected chi connectivity index (χ3v) is 7.16. The van der Waals surface area contributed by atoms with E-state index in [0.717, 1.165) is 5.69 Å². The van der Waals surface area contributed by atoms with Crippen molar-refractivity contribution in [3.63, 3.8) is 0 Å². The van der Waals surface area contributed by atoms with E-state index in [2.05, 4.69) is 25.6 Å².